The van der Waals surface area contributed by atoms with E-state index in [1.807, 2.05) is 13.8 Å². The number of amides is 1. The number of halogens is 3. The number of carbonyl (C=O) groups excluding carboxylic acids is 1. The Balaban J connectivity index is 1.92. The highest BCUT2D eigenvalue weighted by Crippen LogP contribution is 2.31. The number of hydrogen-bond donors (Lipinski definition) is 1. The van der Waals surface area contributed by atoms with Crippen LogP contribution in [-0.4, -0.2) is 50.1 Å². The van der Waals surface area contributed by atoms with Crippen LogP contribution >= 0.6 is 0 Å². The summed E-state index contributed by atoms with van der Waals surface area (Å²) in [4.78, 5) is 16.4. The number of alkyl halides is 3. The predicted molar refractivity (Wildman–Crippen MR) is 105 cm³/mol. The molecule has 1 aliphatic rings. The number of nitrogens with zero attached hydrogens (tertiary/aromatic N) is 2. The molecule has 1 N–H and O–H groups in total. The summed E-state index contributed by atoms with van der Waals surface area (Å²) in [6.07, 6.45) is -2.45. The number of piperidine rings is 1. The zero-order valence-electron chi connectivity index (χ0n) is 16.9. The molecule has 0 aromatic heterocycles. The van der Waals surface area contributed by atoms with Crippen LogP contribution in [0.4, 0.5) is 13.2 Å². The second kappa shape index (κ2) is 10.3. The molecule has 1 fully saturated rings. The third-order valence-corrected chi connectivity index (χ3v) is 6.73. The Labute approximate surface area is 174 Å². The fourth-order valence-corrected chi connectivity index (χ4v) is 4.49. The molecule has 168 valence electrons. The van der Waals surface area contributed by atoms with Crippen molar-refractivity contribution >= 4 is 21.6 Å². The number of nitrogens with one attached hydrogen (secondary N) is 1. The fraction of sp³-hybridized carbons (Fsp3) is 0.579. The van der Waals surface area contributed by atoms with Crippen LogP contribution in [-0.2, 0) is 25.8 Å². The lowest BCUT2D eigenvalue weighted by Crippen LogP contribution is -2.39. The Kier molecular flexibility index (Phi) is 8.25. The fourth-order valence-electron chi connectivity index (χ4n) is 3.00. The average molecular weight is 449 g/mol. The van der Waals surface area contributed by atoms with Crippen LogP contribution in [0.3, 0.4) is 0 Å². The van der Waals surface area contributed by atoms with Crippen LogP contribution < -0.4 is 5.32 Å². The molecular formula is C19H26F3N3O4S. The van der Waals surface area contributed by atoms with E-state index in [1.165, 1.54) is 0 Å². The summed E-state index contributed by atoms with van der Waals surface area (Å²) in [5, 5.41) is 6.72. The molecule has 11 heteroatoms. The first-order valence-corrected chi connectivity index (χ1v) is 11.2. The van der Waals surface area contributed by atoms with Gasteiger partial charge in [-0.15, -0.1) is 0 Å². The number of rotatable bonds is 8. The summed E-state index contributed by atoms with van der Waals surface area (Å²) >= 11 is 0. The van der Waals surface area contributed by atoms with Crippen molar-refractivity contribution in [1.82, 2.24) is 9.62 Å². The molecule has 1 aliphatic heterocycles. The normalized spacial score (nSPS) is 15.9. The van der Waals surface area contributed by atoms with E-state index in [9.17, 15) is 26.4 Å². The second-order valence-corrected chi connectivity index (χ2v) is 8.88. The molecular weight excluding hydrogens is 423 g/mol. The van der Waals surface area contributed by atoms with E-state index in [2.05, 4.69) is 10.5 Å². The van der Waals surface area contributed by atoms with Gasteiger partial charge in [-0.3, -0.25) is 4.79 Å². The molecule has 0 saturated carbocycles. The first kappa shape index (κ1) is 24.1. The first-order chi connectivity index (χ1) is 14.1. The Morgan fingerprint density at radius 1 is 1.23 bits per heavy atom. The number of carbonyl (C=O) groups is 1. The summed E-state index contributed by atoms with van der Waals surface area (Å²) in [5.41, 5.74) is -0.413. The first-order valence-electron chi connectivity index (χ1n) is 9.72. The molecule has 0 spiro atoms. The van der Waals surface area contributed by atoms with Gasteiger partial charge in [0.15, 0.2) is 6.61 Å². The van der Waals surface area contributed by atoms with Gasteiger partial charge in [0.2, 0.25) is 10.0 Å². The van der Waals surface area contributed by atoms with Crippen molar-refractivity contribution in [2.75, 3.05) is 19.7 Å². The third kappa shape index (κ3) is 6.43. The second-order valence-electron chi connectivity index (χ2n) is 6.94. The molecule has 30 heavy (non-hydrogen) atoms. The molecule has 7 nitrogen and oxygen atoms in total. The van der Waals surface area contributed by atoms with Crippen LogP contribution in [0.5, 0.6) is 0 Å². The van der Waals surface area contributed by atoms with Crippen molar-refractivity contribution in [3.63, 3.8) is 0 Å². The van der Waals surface area contributed by atoms with Gasteiger partial charge in [-0.2, -0.15) is 17.5 Å². The minimum atomic E-state index is -4.62. The standard InChI is InChI=1S/C19H26F3N3O4S/c1-3-15(4-2)23-18(26)13-29-24-16-8-10-25(11-9-16)30(27,28)17-7-5-6-14(12-17)19(20,21)22/h5-7,12,15H,3-4,8-11,13H2,1-2H3,(H,23,26). The van der Waals surface area contributed by atoms with Crippen molar-refractivity contribution in [3.05, 3.63) is 29.8 Å². The van der Waals surface area contributed by atoms with Crippen LogP contribution in [0, 0.1) is 0 Å². The smallest absolute Gasteiger partial charge is 0.386 e. The minimum Gasteiger partial charge on any atom is -0.386 e. The van der Waals surface area contributed by atoms with Crippen molar-refractivity contribution in [1.29, 1.82) is 0 Å². The minimum absolute atomic E-state index is 0.0702. The summed E-state index contributed by atoms with van der Waals surface area (Å²) in [7, 11) is -4.05. The number of hydrogen-bond acceptors (Lipinski definition) is 5. The largest absolute Gasteiger partial charge is 0.416 e. The van der Waals surface area contributed by atoms with Gasteiger partial charge in [0.05, 0.1) is 16.2 Å². The van der Waals surface area contributed by atoms with Crippen molar-refractivity contribution in [2.45, 2.75) is 56.6 Å². The average Bonchev–Trinajstić information content (AvgIpc) is 2.72. The zero-order valence-corrected chi connectivity index (χ0v) is 17.7. The quantitative estimate of drug-likeness (QED) is 0.618. The lowest BCUT2D eigenvalue weighted by Gasteiger charge is -2.27. The van der Waals surface area contributed by atoms with E-state index in [-0.39, 0.29) is 44.5 Å². The summed E-state index contributed by atoms with van der Waals surface area (Å²) in [6.45, 7) is 3.85. The molecule has 0 unspecified atom stereocenters. The number of oxime groups is 1. The Morgan fingerprint density at radius 3 is 2.43 bits per heavy atom. The SMILES string of the molecule is CCC(CC)NC(=O)CON=C1CCN(S(=O)(=O)c2cccc(C(F)(F)F)c2)CC1. The van der Waals surface area contributed by atoms with Gasteiger partial charge in [0, 0.05) is 32.0 Å². The van der Waals surface area contributed by atoms with Crippen LogP contribution in [0.1, 0.15) is 45.1 Å². The zero-order chi connectivity index (χ0) is 22.4. The van der Waals surface area contributed by atoms with E-state index < -0.39 is 26.7 Å². The van der Waals surface area contributed by atoms with Gasteiger partial charge < -0.3 is 10.2 Å². The molecule has 1 aromatic carbocycles. The molecule has 0 atom stereocenters. The van der Waals surface area contributed by atoms with E-state index in [1.54, 1.807) is 0 Å². The Bertz CT molecular complexity index is 858. The summed E-state index contributed by atoms with van der Waals surface area (Å²) in [5.74, 6) is -0.280. The van der Waals surface area contributed by atoms with Crippen LogP contribution in [0.15, 0.2) is 34.3 Å². The van der Waals surface area contributed by atoms with E-state index in [0.717, 1.165) is 35.3 Å². The Hall–Kier alpha value is -2.14. The van der Waals surface area contributed by atoms with Crippen molar-refractivity contribution in [3.8, 4) is 0 Å². The molecule has 0 bridgehead atoms. The summed E-state index contributed by atoms with van der Waals surface area (Å²) < 4.78 is 65.1. The maximum absolute atomic E-state index is 12.9. The number of benzene rings is 1. The highest BCUT2D eigenvalue weighted by molar-refractivity contribution is 7.89. The topological polar surface area (TPSA) is 88.1 Å². The van der Waals surface area contributed by atoms with Gasteiger partial charge in [-0.25, -0.2) is 8.42 Å². The van der Waals surface area contributed by atoms with Gasteiger partial charge in [0.25, 0.3) is 5.91 Å². The maximum atomic E-state index is 12.9. The summed E-state index contributed by atoms with van der Waals surface area (Å²) in [6, 6.07) is 3.78. The molecule has 1 aromatic rings. The monoisotopic (exact) mass is 449 g/mol. The highest BCUT2D eigenvalue weighted by Gasteiger charge is 2.33. The van der Waals surface area contributed by atoms with Crippen LogP contribution in [0.2, 0.25) is 0 Å². The number of sulfonamides is 1. The highest BCUT2D eigenvalue weighted by atomic mass is 32.2. The van der Waals surface area contributed by atoms with Gasteiger partial charge in [-0.1, -0.05) is 25.1 Å². The van der Waals surface area contributed by atoms with E-state index in [0.29, 0.717) is 11.8 Å². The molecule has 1 heterocycles. The van der Waals surface area contributed by atoms with Crippen molar-refractivity contribution < 1.29 is 31.2 Å². The maximum Gasteiger partial charge on any atom is 0.416 e. The predicted octanol–water partition coefficient (Wildman–Crippen LogP) is 3.17. The van der Waals surface area contributed by atoms with E-state index in [4.69, 9.17) is 4.84 Å². The Morgan fingerprint density at radius 2 is 1.87 bits per heavy atom. The lowest BCUT2D eigenvalue weighted by molar-refractivity contribution is -0.137. The molecule has 1 saturated heterocycles. The van der Waals surface area contributed by atoms with Crippen molar-refractivity contribution in [2.24, 2.45) is 5.16 Å². The molecule has 1 amide bonds. The molecule has 0 radical (unpaired) electrons. The molecule has 2 rings (SSSR count). The third-order valence-electron chi connectivity index (χ3n) is 4.84. The van der Waals surface area contributed by atoms with Gasteiger partial charge >= 0.3 is 6.18 Å². The van der Waals surface area contributed by atoms with Gasteiger partial charge in [-0.05, 0) is 31.0 Å². The van der Waals surface area contributed by atoms with Crippen LogP contribution in [0.25, 0.3) is 0 Å². The lowest BCUT2D eigenvalue weighted by atomic mass is 10.1. The molecule has 0 aliphatic carbocycles. The van der Waals surface area contributed by atoms with Gasteiger partial charge in [0.1, 0.15) is 0 Å². The van der Waals surface area contributed by atoms with E-state index >= 15 is 0 Å².